The van der Waals surface area contributed by atoms with Gasteiger partial charge in [0.15, 0.2) is 5.96 Å². The number of nitrogens with one attached hydrogen (secondary N) is 2. The molecule has 0 amide bonds. The van der Waals surface area contributed by atoms with Crippen molar-refractivity contribution < 1.29 is 0 Å². The Balaban J connectivity index is 1.77. The van der Waals surface area contributed by atoms with Gasteiger partial charge in [0.25, 0.3) is 0 Å². The van der Waals surface area contributed by atoms with E-state index in [1.54, 1.807) is 0 Å². The second-order valence-electron chi connectivity index (χ2n) is 6.17. The van der Waals surface area contributed by atoms with E-state index < -0.39 is 0 Å². The highest BCUT2D eigenvalue weighted by atomic mass is 15.2. The Morgan fingerprint density at radius 3 is 2.56 bits per heavy atom. The molecule has 0 aromatic rings. The lowest BCUT2D eigenvalue weighted by atomic mass is 9.85. The molecule has 0 aromatic heterocycles. The van der Waals surface area contributed by atoms with E-state index in [0.717, 1.165) is 24.3 Å². The SMILES string of the molecule is CCN=C(NC(C)C)NC1CC1C1CCCCC1. The highest BCUT2D eigenvalue weighted by molar-refractivity contribution is 5.80. The first-order valence-electron chi connectivity index (χ1n) is 7.78. The van der Waals surface area contributed by atoms with Crippen LogP contribution in [0.5, 0.6) is 0 Å². The largest absolute Gasteiger partial charge is 0.354 e. The molecule has 0 aromatic carbocycles. The average Bonchev–Trinajstić information content (AvgIpc) is 3.09. The van der Waals surface area contributed by atoms with Crippen molar-refractivity contribution in [2.45, 2.75) is 71.4 Å². The summed E-state index contributed by atoms with van der Waals surface area (Å²) in [6.45, 7) is 7.27. The molecule has 3 heteroatoms. The minimum atomic E-state index is 0.453. The highest BCUT2D eigenvalue weighted by Crippen LogP contribution is 2.44. The Morgan fingerprint density at radius 2 is 1.94 bits per heavy atom. The van der Waals surface area contributed by atoms with Crippen LogP contribution >= 0.6 is 0 Å². The van der Waals surface area contributed by atoms with Crippen molar-refractivity contribution in [3.8, 4) is 0 Å². The van der Waals surface area contributed by atoms with Gasteiger partial charge in [-0.15, -0.1) is 0 Å². The van der Waals surface area contributed by atoms with Crippen molar-refractivity contribution in [2.24, 2.45) is 16.8 Å². The number of hydrogen-bond donors (Lipinski definition) is 2. The van der Waals surface area contributed by atoms with Gasteiger partial charge in [0.1, 0.15) is 0 Å². The predicted molar refractivity (Wildman–Crippen MR) is 77.9 cm³/mol. The monoisotopic (exact) mass is 251 g/mol. The van der Waals surface area contributed by atoms with Gasteiger partial charge in [-0.05, 0) is 39.0 Å². The average molecular weight is 251 g/mol. The molecule has 2 atom stereocenters. The van der Waals surface area contributed by atoms with Crippen LogP contribution in [-0.4, -0.2) is 24.6 Å². The molecule has 0 bridgehead atoms. The number of guanidine groups is 1. The lowest BCUT2D eigenvalue weighted by Crippen LogP contribution is -2.43. The third-order valence-electron chi connectivity index (χ3n) is 4.16. The van der Waals surface area contributed by atoms with E-state index >= 15 is 0 Å². The van der Waals surface area contributed by atoms with Crippen LogP contribution in [0.4, 0.5) is 0 Å². The van der Waals surface area contributed by atoms with E-state index in [4.69, 9.17) is 0 Å². The first-order valence-corrected chi connectivity index (χ1v) is 7.78. The van der Waals surface area contributed by atoms with Gasteiger partial charge < -0.3 is 10.6 Å². The fraction of sp³-hybridized carbons (Fsp3) is 0.933. The van der Waals surface area contributed by atoms with Gasteiger partial charge in [-0.25, -0.2) is 0 Å². The predicted octanol–water partition coefficient (Wildman–Crippen LogP) is 2.92. The second-order valence-corrected chi connectivity index (χ2v) is 6.17. The van der Waals surface area contributed by atoms with Crippen molar-refractivity contribution in [1.82, 2.24) is 10.6 Å². The minimum absolute atomic E-state index is 0.453. The maximum absolute atomic E-state index is 4.52. The lowest BCUT2D eigenvalue weighted by molar-refractivity contribution is 0.315. The maximum atomic E-state index is 4.52. The summed E-state index contributed by atoms with van der Waals surface area (Å²) in [6.07, 6.45) is 8.63. The van der Waals surface area contributed by atoms with Crippen LogP contribution in [0.1, 0.15) is 59.3 Å². The van der Waals surface area contributed by atoms with E-state index in [1.807, 2.05) is 0 Å². The number of hydrogen-bond acceptors (Lipinski definition) is 1. The summed E-state index contributed by atoms with van der Waals surface area (Å²) in [5.41, 5.74) is 0. The highest BCUT2D eigenvalue weighted by Gasteiger charge is 2.43. The van der Waals surface area contributed by atoms with Crippen LogP contribution in [0.25, 0.3) is 0 Å². The van der Waals surface area contributed by atoms with Crippen LogP contribution < -0.4 is 10.6 Å². The lowest BCUT2D eigenvalue weighted by Gasteiger charge is -2.22. The van der Waals surface area contributed by atoms with Crippen molar-refractivity contribution in [2.75, 3.05) is 6.54 Å². The molecule has 2 N–H and O–H groups in total. The zero-order chi connectivity index (χ0) is 13.0. The van der Waals surface area contributed by atoms with E-state index in [2.05, 4.69) is 36.4 Å². The number of aliphatic imine (C=N–C) groups is 1. The zero-order valence-corrected chi connectivity index (χ0v) is 12.2. The Bertz CT molecular complexity index is 279. The molecule has 0 heterocycles. The molecular weight excluding hydrogens is 222 g/mol. The molecule has 2 aliphatic rings. The second kappa shape index (κ2) is 6.44. The van der Waals surface area contributed by atoms with E-state index in [0.29, 0.717) is 12.1 Å². The summed E-state index contributed by atoms with van der Waals surface area (Å²) in [4.78, 5) is 4.52. The summed E-state index contributed by atoms with van der Waals surface area (Å²) >= 11 is 0. The summed E-state index contributed by atoms with van der Waals surface area (Å²) in [6, 6.07) is 1.14. The molecular formula is C15H29N3. The summed E-state index contributed by atoms with van der Waals surface area (Å²) in [5, 5.41) is 7.02. The molecule has 18 heavy (non-hydrogen) atoms. The van der Waals surface area contributed by atoms with Crippen molar-refractivity contribution >= 4 is 5.96 Å². The summed E-state index contributed by atoms with van der Waals surface area (Å²) in [5.74, 6) is 2.91. The first-order chi connectivity index (χ1) is 8.70. The topological polar surface area (TPSA) is 36.4 Å². The quantitative estimate of drug-likeness (QED) is 0.595. The van der Waals surface area contributed by atoms with Crippen LogP contribution in [0.2, 0.25) is 0 Å². The molecule has 2 fully saturated rings. The zero-order valence-electron chi connectivity index (χ0n) is 12.2. The van der Waals surface area contributed by atoms with E-state index in [1.165, 1.54) is 38.5 Å². The Kier molecular flexibility index (Phi) is 4.90. The van der Waals surface area contributed by atoms with Gasteiger partial charge in [0.2, 0.25) is 0 Å². The van der Waals surface area contributed by atoms with Gasteiger partial charge in [-0.1, -0.05) is 32.1 Å². The molecule has 2 saturated carbocycles. The van der Waals surface area contributed by atoms with Crippen LogP contribution in [-0.2, 0) is 0 Å². The van der Waals surface area contributed by atoms with Crippen LogP contribution in [0.3, 0.4) is 0 Å². The van der Waals surface area contributed by atoms with Gasteiger partial charge in [-0.3, -0.25) is 4.99 Å². The Morgan fingerprint density at radius 1 is 1.22 bits per heavy atom. The van der Waals surface area contributed by atoms with Crippen LogP contribution in [0.15, 0.2) is 4.99 Å². The van der Waals surface area contributed by atoms with Crippen LogP contribution in [0, 0.1) is 11.8 Å². The molecule has 3 nitrogen and oxygen atoms in total. The van der Waals surface area contributed by atoms with Gasteiger partial charge in [-0.2, -0.15) is 0 Å². The minimum Gasteiger partial charge on any atom is -0.354 e. The standard InChI is InChI=1S/C15H29N3/c1-4-16-15(17-11(2)3)18-14-10-13(14)12-8-6-5-7-9-12/h11-14H,4-10H2,1-3H3,(H2,16,17,18). The maximum Gasteiger partial charge on any atom is 0.191 e. The molecule has 0 spiro atoms. The first kappa shape index (κ1) is 13.7. The summed E-state index contributed by atoms with van der Waals surface area (Å²) in [7, 11) is 0. The fourth-order valence-electron chi connectivity index (χ4n) is 3.20. The number of rotatable bonds is 4. The van der Waals surface area contributed by atoms with Gasteiger partial charge >= 0.3 is 0 Å². The molecule has 2 rings (SSSR count). The molecule has 0 radical (unpaired) electrons. The van der Waals surface area contributed by atoms with Crippen molar-refractivity contribution in [3.05, 3.63) is 0 Å². The molecule has 2 aliphatic carbocycles. The molecule has 0 saturated heterocycles. The Labute approximate surface area is 112 Å². The summed E-state index contributed by atoms with van der Waals surface area (Å²) < 4.78 is 0. The molecule has 0 aliphatic heterocycles. The van der Waals surface area contributed by atoms with Crippen molar-refractivity contribution in [3.63, 3.8) is 0 Å². The number of nitrogens with zero attached hydrogens (tertiary/aromatic N) is 1. The normalized spacial score (nSPS) is 29.4. The van der Waals surface area contributed by atoms with Gasteiger partial charge in [0, 0.05) is 18.6 Å². The smallest absolute Gasteiger partial charge is 0.191 e. The molecule has 2 unspecified atom stereocenters. The Hall–Kier alpha value is -0.730. The van der Waals surface area contributed by atoms with Gasteiger partial charge in [0.05, 0.1) is 0 Å². The molecule has 104 valence electrons. The van der Waals surface area contributed by atoms with E-state index in [-0.39, 0.29) is 0 Å². The fourth-order valence-corrected chi connectivity index (χ4v) is 3.20. The van der Waals surface area contributed by atoms with E-state index in [9.17, 15) is 0 Å². The third kappa shape index (κ3) is 3.89. The van der Waals surface area contributed by atoms with Crippen molar-refractivity contribution in [1.29, 1.82) is 0 Å². The third-order valence-corrected chi connectivity index (χ3v) is 4.16.